The zero-order valence-corrected chi connectivity index (χ0v) is 30.1. The van der Waals surface area contributed by atoms with Crippen LogP contribution in [0.25, 0.3) is 22.4 Å². The molecule has 1 saturated heterocycles. The number of halogens is 1. The summed E-state index contributed by atoms with van der Waals surface area (Å²) in [6.07, 6.45) is 1.25. The number of benzene rings is 3. The molecule has 0 saturated carbocycles. The lowest BCUT2D eigenvalue weighted by Crippen LogP contribution is -2.46. The van der Waals surface area contributed by atoms with E-state index in [2.05, 4.69) is 9.88 Å². The standard InChI is InChI=1S/C39H45FN2O5.C2H6/c1-7-32-35(37(44)41-29-16-12-9-13-17-29)34(26-14-10-8-11-15-26)36(27-18-20-28(40)21-19-27)42(32)23-22-30-24-31(46-39(5,6)45-30)25-33(43)47-38(2,3)4;1-2/h8-21,30-31H,7,22-25H2,1-6H3,(H,41,44);1-2H3. The third-order valence-electron chi connectivity index (χ3n) is 8.06. The summed E-state index contributed by atoms with van der Waals surface area (Å²) < 4.78 is 34.5. The van der Waals surface area contributed by atoms with Crippen molar-refractivity contribution in [3.8, 4) is 22.4 Å². The Morgan fingerprint density at radius 3 is 2.08 bits per heavy atom. The number of carbonyl (C=O) groups is 2. The van der Waals surface area contributed by atoms with E-state index in [0.717, 1.165) is 28.1 Å². The smallest absolute Gasteiger partial charge is 0.308 e. The summed E-state index contributed by atoms with van der Waals surface area (Å²) in [4.78, 5) is 26.9. The van der Waals surface area contributed by atoms with Crippen LogP contribution in [-0.4, -0.2) is 40.0 Å². The summed E-state index contributed by atoms with van der Waals surface area (Å²) in [5, 5.41) is 3.10. The largest absolute Gasteiger partial charge is 0.460 e. The van der Waals surface area contributed by atoms with Gasteiger partial charge in [-0.05, 0) is 95.0 Å². The summed E-state index contributed by atoms with van der Waals surface area (Å²) in [6, 6.07) is 25.7. The van der Waals surface area contributed by atoms with E-state index in [1.54, 1.807) is 12.1 Å². The first kappa shape index (κ1) is 37.5. The Kier molecular flexibility index (Phi) is 12.6. The van der Waals surface area contributed by atoms with Gasteiger partial charge in [-0.15, -0.1) is 0 Å². The molecule has 1 N–H and O–H groups in total. The van der Waals surface area contributed by atoms with Crippen LogP contribution in [0.3, 0.4) is 0 Å². The maximum absolute atomic E-state index is 14.2. The first-order chi connectivity index (χ1) is 23.3. The molecule has 5 rings (SSSR count). The molecule has 1 aliphatic heterocycles. The first-order valence-corrected chi connectivity index (χ1v) is 17.3. The monoisotopic (exact) mass is 670 g/mol. The predicted octanol–water partition coefficient (Wildman–Crippen LogP) is 9.83. The Hall–Kier alpha value is -4.27. The molecule has 4 aromatic rings. The van der Waals surface area contributed by atoms with Crippen molar-refractivity contribution >= 4 is 17.6 Å². The van der Waals surface area contributed by atoms with Crippen LogP contribution in [0.5, 0.6) is 0 Å². The van der Waals surface area contributed by atoms with Gasteiger partial charge < -0.3 is 24.1 Å². The minimum absolute atomic E-state index is 0.132. The summed E-state index contributed by atoms with van der Waals surface area (Å²) in [6.45, 7) is 15.8. The summed E-state index contributed by atoms with van der Waals surface area (Å²) in [5.41, 5.74) is 4.88. The summed E-state index contributed by atoms with van der Waals surface area (Å²) in [5.74, 6) is -1.75. The van der Waals surface area contributed by atoms with E-state index in [4.69, 9.17) is 14.2 Å². The quantitative estimate of drug-likeness (QED) is 0.170. The van der Waals surface area contributed by atoms with Gasteiger partial charge in [0.05, 0.1) is 29.9 Å². The van der Waals surface area contributed by atoms with Gasteiger partial charge in [0, 0.05) is 29.9 Å². The molecule has 7 nitrogen and oxygen atoms in total. The second-order valence-electron chi connectivity index (χ2n) is 13.4. The molecule has 2 unspecified atom stereocenters. The number of nitrogens with zero attached hydrogens (tertiary/aromatic N) is 1. The number of aromatic nitrogens is 1. The number of hydrogen-bond donors (Lipinski definition) is 1. The van der Waals surface area contributed by atoms with Gasteiger partial charge in [-0.3, -0.25) is 9.59 Å². The van der Waals surface area contributed by atoms with E-state index < -0.39 is 11.4 Å². The van der Waals surface area contributed by atoms with Crippen molar-refractivity contribution in [2.45, 2.75) is 111 Å². The van der Waals surface area contributed by atoms with Crippen molar-refractivity contribution in [3.05, 3.63) is 102 Å². The van der Waals surface area contributed by atoms with Crippen molar-refractivity contribution in [2.75, 3.05) is 5.32 Å². The molecular weight excluding hydrogens is 619 g/mol. The van der Waals surface area contributed by atoms with E-state index >= 15 is 0 Å². The average Bonchev–Trinajstić information content (AvgIpc) is 3.38. The van der Waals surface area contributed by atoms with Crippen LogP contribution >= 0.6 is 0 Å². The molecule has 8 heteroatoms. The Morgan fingerprint density at radius 2 is 1.49 bits per heavy atom. The van der Waals surface area contributed by atoms with Gasteiger partial charge in [0.2, 0.25) is 0 Å². The van der Waals surface area contributed by atoms with Gasteiger partial charge in [-0.25, -0.2) is 4.39 Å². The molecule has 1 aliphatic rings. The molecule has 262 valence electrons. The van der Waals surface area contributed by atoms with Gasteiger partial charge in [0.25, 0.3) is 5.91 Å². The molecule has 0 spiro atoms. The van der Waals surface area contributed by atoms with Crippen LogP contribution in [-0.2, 0) is 32.0 Å². The van der Waals surface area contributed by atoms with Crippen LogP contribution in [0.4, 0.5) is 10.1 Å². The minimum atomic E-state index is -0.893. The van der Waals surface area contributed by atoms with Crippen LogP contribution in [0.2, 0.25) is 0 Å². The van der Waals surface area contributed by atoms with Crippen molar-refractivity contribution in [1.29, 1.82) is 0 Å². The topological polar surface area (TPSA) is 78.8 Å². The second-order valence-corrected chi connectivity index (χ2v) is 13.4. The number of anilines is 1. The third-order valence-corrected chi connectivity index (χ3v) is 8.06. The molecule has 2 atom stereocenters. The number of hydrogen-bond acceptors (Lipinski definition) is 5. The molecule has 1 fully saturated rings. The first-order valence-electron chi connectivity index (χ1n) is 17.3. The van der Waals surface area contributed by atoms with E-state index in [0.29, 0.717) is 37.1 Å². The Labute approximate surface area is 290 Å². The van der Waals surface area contributed by atoms with Gasteiger partial charge >= 0.3 is 5.97 Å². The number of para-hydroxylation sites is 1. The lowest BCUT2D eigenvalue weighted by molar-refractivity contribution is -0.301. The van der Waals surface area contributed by atoms with Gasteiger partial charge in [-0.1, -0.05) is 69.3 Å². The number of nitrogens with one attached hydrogen (secondary N) is 1. The van der Waals surface area contributed by atoms with Crippen molar-refractivity contribution in [3.63, 3.8) is 0 Å². The van der Waals surface area contributed by atoms with Gasteiger partial charge in [-0.2, -0.15) is 0 Å². The zero-order valence-electron chi connectivity index (χ0n) is 30.1. The highest BCUT2D eigenvalue weighted by Gasteiger charge is 2.37. The molecule has 2 heterocycles. The number of amides is 1. The zero-order chi connectivity index (χ0) is 35.8. The summed E-state index contributed by atoms with van der Waals surface area (Å²) in [7, 11) is 0. The Balaban J connectivity index is 0.00000265. The third kappa shape index (κ3) is 9.89. The fourth-order valence-corrected chi connectivity index (χ4v) is 6.40. The van der Waals surface area contributed by atoms with Crippen LogP contribution in [0.1, 0.15) is 90.7 Å². The molecule has 1 amide bonds. The molecule has 3 aromatic carbocycles. The predicted molar refractivity (Wildman–Crippen MR) is 194 cm³/mol. The Bertz CT molecular complexity index is 1680. The molecule has 0 aliphatic carbocycles. The average molecular weight is 671 g/mol. The number of ether oxygens (including phenoxy) is 3. The molecule has 1 aromatic heterocycles. The maximum Gasteiger partial charge on any atom is 0.308 e. The fraction of sp³-hybridized carbons (Fsp3) is 0.415. The van der Waals surface area contributed by atoms with Crippen molar-refractivity contribution < 1.29 is 28.2 Å². The normalized spacial score (nSPS) is 17.1. The SMILES string of the molecule is CC.CCc1c(C(=O)Nc2ccccc2)c(-c2ccccc2)c(-c2ccc(F)cc2)n1CCC1CC(CC(=O)OC(C)(C)C)OC(C)(C)O1. The minimum Gasteiger partial charge on any atom is -0.460 e. The highest BCUT2D eigenvalue weighted by molar-refractivity contribution is 6.12. The fourth-order valence-electron chi connectivity index (χ4n) is 6.40. The maximum atomic E-state index is 14.2. The van der Waals surface area contributed by atoms with Gasteiger partial charge in [0.15, 0.2) is 5.79 Å². The van der Waals surface area contributed by atoms with E-state index in [9.17, 15) is 14.0 Å². The lowest BCUT2D eigenvalue weighted by Gasteiger charge is -2.41. The highest BCUT2D eigenvalue weighted by Crippen LogP contribution is 2.41. The van der Waals surface area contributed by atoms with E-state index in [1.807, 2.05) is 116 Å². The second kappa shape index (κ2) is 16.4. The van der Waals surface area contributed by atoms with Crippen LogP contribution < -0.4 is 5.32 Å². The van der Waals surface area contributed by atoms with Crippen molar-refractivity contribution in [1.82, 2.24) is 4.57 Å². The molecule has 0 bridgehead atoms. The van der Waals surface area contributed by atoms with Gasteiger partial charge in [0.1, 0.15) is 11.4 Å². The number of rotatable bonds is 10. The summed E-state index contributed by atoms with van der Waals surface area (Å²) >= 11 is 0. The molecule has 0 radical (unpaired) electrons. The van der Waals surface area contributed by atoms with Crippen LogP contribution in [0.15, 0.2) is 84.9 Å². The highest BCUT2D eigenvalue weighted by atomic mass is 19.1. The van der Waals surface area contributed by atoms with E-state index in [1.165, 1.54) is 12.1 Å². The molecular formula is C41H51FN2O5. The van der Waals surface area contributed by atoms with Crippen LogP contribution in [0, 0.1) is 5.82 Å². The number of esters is 1. The lowest BCUT2D eigenvalue weighted by atomic mass is 9.96. The van der Waals surface area contributed by atoms with Crippen molar-refractivity contribution in [2.24, 2.45) is 0 Å². The molecule has 49 heavy (non-hydrogen) atoms. The van der Waals surface area contributed by atoms with E-state index in [-0.39, 0.29) is 36.3 Å². The number of carbonyl (C=O) groups excluding carboxylic acids is 2. The Morgan fingerprint density at radius 1 is 0.898 bits per heavy atom.